The van der Waals surface area contributed by atoms with Gasteiger partial charge in [0.2, 0.25) is 0 Å². The van der Waals surface area contributed by atoms with Gasteiger partial charge < -0.3 is 15.2 Å². The second kappa shape index (κ2) is 10.6. The average molecular weight is 272 g/mol. The average Bonchev–Trinajstić information content (AvgIpc) is 2.39. The lowest BCUT2D eigenvalue weighted by molar-refractivity contribution is 0.0874. The zero-order chi connectivity index (χ0) is 13.9. The standard InChI is InChI=1S/C15H32N2O2/c1-18-12-7-10-17(11-13-19-2)15-9-6-4-3-5-8-14(15)16/h14-15H,3-13,16H2,1-2H3. The molecule has 2 atom stereocenters. The first-order valence-electron chi connectivity index (χ1n) is 7.77. The van der Waals surface area contributed by atoms with Gasteiger partial charge in [0.1, 0.15) is 0 Å². The van der Waals surface area contributed by atoms with Crippen LogP contribution >= 0.6 is 0 Å². The molecule has 0 aromatic rings. The first-order valence-corrected chi connectivity index (χ1v) is 7.77. The van der Waals surface area contributed by atoms with Crippen LogP contribution in [0.15, 0.2) is 0 Å². The minimum absolute atomic E-state index is 0.319. The maximum atomic E-state index is 6.41. The van der Waals surface area contributed by atoms with Crippen LogP contribution in [0.5, 0.6) is 0 Å². The van der Waals surface area contributed by atoms with E-state index in [0.29, 0.717) is 12.1 Å². The van der Waals surface area contributed by atoms with Crippen molar-refractivity contribution in [1.29, 1.82) is 0 Å². The number of nitrogens with two attached hydrogens (primary N) is 1. The van der Waals surface area contributed by atoms with E-state index in [1.54, 1.807) is 14.2 Å². The van der Waals surface area contributed by atoms with E-state index in [-0.39, 0.29) is 0 Å². The van der Waals surface area contributed by atoms with Gasteiger partial charge in [0.15, 0.2) is 0 Å². The lowest BCUT2D eigenvalue weighted by Crippen LogP contribution is -2.49. The normalized spacial score (nSPS) is 25.3. The van der Waals surface area contributed by atoms with Gasteiger partial charge in [0, 0.05) is 46.0 Å². The molecule has 0 aliphatic heterocycles. The molecular weight excluding hydrogens is 240 g/mol. The molecule has 0 bridgehead atoms. The van der Waals surface area contributed by atoms with Gasteiger partial charge in [-0.05, 0) is 19.3 Å². The second-order valence-corrected chi connectivity index (χ2v) is 5.60. The Hall–Kier alpha value is -0.160. The van der Waals surface area contributed by atoms with Gasteiger partial charge >= 0.3 is 0 Å². The third-order valence-electron chi connectivity index (χ3n) is 4.13. The highest BCUT2D eigenvalue weighted by Crippen LogP contribution is 2.21. The van der Waals surface area contributed by atoms with Crippen molar-refractivity contribution in [1.82, 2.24) is 4.90 Å². The van der Waals surface area contributed by atoms with E-state index in [1.165, 1.54) is 38.5 Å². The third kappa shape index (κ3) is 6.70. The number of hydrogen-bond acceptors (Lipinski definition) is 4. The quantitative estimate of drug-likeness (QED) is 0.687. The molecule has 0 saturated heterocycles. The molecule has 19 heavy (non-hydrogen) atoms. The molecule has 1 fully saturated rings. The summed E-state index contributed by atoms with van der Waals surface area (Å²) in [7, 11) is 3.53. The van der Waals surface area contributed by atoms with Gasteiger partial charge in [0.05, 0.1) is 6.61 Å². The number of ether oxygens (including phenoxy) is 2. The van der Waals surface area contributed by atoms with E-state index in [0.717, 1.165) is 32.7 Å². The fraction of sp³-hybridized carbons (Fsp3) is 1.00. The van der Waals surface area contributed by atoms with Gasteiger partial charge in [0.25, 0.3) is 0 Å². The molecule has 1 saturated carbocycles. The van der Waals surface area contributed by atoms with Gasteiger partial charge in [-0.3, -0.25) is 4.90 Å². The molecule has 4 heteroatoms. The third-order valence-corrected chi connectivity index (χ3v) is 4.13. The summed E-state index contributed by atoms with van der Waals surface area (Å²) in [6, 6.07) is 0.840. The highest BCUT2D eigenvalue weighted by atomic mass is 16.5. The van der Waals surface area contributed by atoms with Crippen LogP contribution in [0.1, 0.15) is 44.9 Å². The first kappa shape index (κ1) is 16.9. The maximum Gasteiger partial charge on any atom is 0.0589 e. The van der Waals surface area contributed by atoms with Crippen LogP contribution in [-0.2, 0) is 9.47 Å². The summed E-state index contributed by atoms with van der Waals surface area (Å²) in [4.78, 5) is 2.53. The SMILES string of the molecule is COCCCN(CCOC)C1CCCCCCC1N. The molecule has 4 nitrogen and oxygen atoms in total. The van der Waals surface area contributed by atoms with Crippen molar-refractivity contribution in [3.8, 4) is 0 Å². The molecule has 1 aliphatic rings. The van der Waals surface area contributed by atoms with Crippen molar-refractivity contribution < 1.29 is 9.47 Å². The van der Waals surface area contributed by atoms with E-state index >= 15 is 0 Å². The Kier molecular flexibility index (Phi) is 9.43. The zero-order valence-electron chi connectivity index (χ0n) is 12.8. The van der Waals surface area contributed by atoms with Crippen LogP contribution in [0.3, 0.4) is 0 Å². The molecule has 0 heterocycles. The van der Waals surface area contributed by atoms with Crippen molar-refractivity contribution >= 4 is 0 Å². The van der Waals surface area contributed by atoms with Crippen LogP contribution < -0.4 is 5.73 Å². The van der Waals surface area contributed by atoms with Crippen LogP contribution in [0.4, 0.5) is 0 Å². The number of rotatable bonds is 8. The summed E-state index contributed by atoms with van der Waals surface area (Å²) in [5, 5.41) is 0. The first-order chi connectivity index (χ1) is 9.29. The van der Waals surface area contributed by atoms with E-state index in [4.69, 9.17) is 15.2 Å². The molecule has 2 unspecified atom stereocenters. The monoisotopic (exact) mass is 272 g/mol. The van der Waals surface area contributed by atoms with Crippen molar-refractivity contribution in [2.75, 3.05) is 40.5 Å². The molecule has 1 rings (SSSR count). The van der Waals surface area contributed by atoms with Gasteiger partial charge in [-0.2, -0.15) is 0 Å². The van der Waals surface area contributed by atoms with Crippen molar-refractivity contribution in [3.63, 3.8) is 0 Å². The highest BCUT2D eigenvalue weighted by Gasteiger charge is 2.25. The number of nitrogens with zero attached hydrogens (tertiary/aromatic N) is 1. The summed E-state index contributed by atoms with van der Waals surface area (Å²) >= 11 is 0. The summed E-state index contributed by atoms with van der Waals surface area (Å²) < 4.78 is 10.4. The highest BCUT2D eigenvalue weighted by molar-refractivity contribution is 4.84. The molecule has 0 aromatic carbocycles. The van der Waals surface area contributed by atoms with E-state index in [1.807, 2.05) is 0 Å². The summed E-state index contributed by atoms with van der Waals surface area (Å²) in [6.07, 6.45) is 8.78. The molecule has 0 spiro atoms. The topological polar surface area (TPSA) is 47.7 Å². The predicted octanol–water partition coefficient (Wildman–Crippen LogP) is 2.02. The minimum Gasteiger partial charge on any atom is -0.385 e. The van der Waals surface area contributed by atoms with Crippen LogP contribution in [0.2, 0.25) is 0 Å². The molecule has 2 N–H and O–H groups in total. The fourth-order valence-electron chi connectivity index (χ4n) is 3.01. The Morgan fingerprint density at radius 1 is 0.947 bits per heavy atom. The van der Waals surface area contributed by atoms with Crippen LogP contribution in [0, 0.1) is 0 Å². The Bertz CT molecular complexity index is 214. The molecule has 0 radical (unpaired) electrons. The Morgan fingerprint density at radius 3 is 2.32 bits per heavy atom. The Balaban J connectivity index is 2.51. The summed E-state index contributed by atoms with van der Waals surface area (Å²) in [5.41, 5.74) is 6.41. The molecule has 0 amide bonds. The lowest BCUT2D eigenvalue weighted by atomic mass is 9.91. The number of hydrogen-bond donors (Lipinski definition) is 1. The molecule has 114 valence electrons. The fourth-order valence-corrected chi connectivity index (χ4v) is 3.01. The van der Waals surface area contributed by atoms with Crippen molar-refractivity contribution in [3.05, 3.63) is 0 Å². The summed E-state index contributed by atoms with van der Waals surface area (Å²) in [6.45, 7) is 3.66. The van der Waals surface area contributed by atoms with Crippen LogP contribution in [0.25, 0.3) is 0 Å². The molecule has 1 aliphatic carbocycles. The lowest BCUT2D eigenvalue weighted by Gasteiger charge is -2.36. The van der Waals surface area contributed by atoms with Crippen LogP contribution in [-0.4, -0.2) is 57.5 Å². The predicted molar refractivity (Wildman–Crippen MR) is 79.4 cm³/mol. The largest absolute Gasteiger partial charge is 0.385 e. The van der Waals surface area contributed by atoms with Crippen molar-refractivity contribution in [2.45, 2.75) is 57.0 Å². The molecular formula is C15H32N2O2. The maximum absolute atomic E-state index is 6.41. The van der Waals surface area contributed by atoms with E-state index < -0.39 is 0 Å². The Morgan fingerprint density at radius 2 is 1.63 bits per heavy atom. The van der Waals surface area contributed by atoms with Crippen molar-refractivity contribution in [2.24, 2.45) is 5.73 Å². The summed E-state index contributed by atoms with van der Waals surface area (Å²) in [5.74, 6) is 0. The van der Waals surface area contributed by atoms with E-state index in [2.05, 4.69) is 4.90 Å². The van der Waals surface area contributed by atoms with Gasteiger partial charge in [-0.25, -0.2) is 0 Å². The van der Waals surface area contributed by atoms with E-state index in [9.17, 15) is 0 Å². The minimum atomic E-state index is 0.319. The zero-order valence-corrected chi connectivity index (χ0v) is 12.8. The smallest absolute Gasteiger partial charge is 0.0589 e. The second-order valence-electron chi connectivity index (χ2n) is 5.60. The van der Waals surface area contributed by atoms with Gasteiger partial charge in [-0.1, -0.05) is 25.7 Å². The number of methoxy groups -OCH3 is 2. The molecule has 0 aromatic heterocycles. The Labute approximate surface area is 118 Å². The van der Waals surface area contributed by atoms with Gasteiger partial charge in [-0.15, -0.1) is 0 Å².